The fourth-order valence-corrected chi connectivity index (χ4v) is 1.36. The first-order valence-electron chi connectivity index (χ1n) is 5.20. The normalized spacial score (nSPS) is 10.9. The van der Waals surface area contributed by atoms with Gasteiger partial charge in [-0.15, -0.1) is 0 Å². The van der Waals surface area contributed by atoms with Gasteiger partial charge in [-0.1, -0.05) is 24.4 Å². The molecule has 0 aliphatic carbocycles. The minimum absolute atomic E-state index is 0.143. The average Bonchev–Trinajstić information content (AvgIpc) is 2.15. The van der Waals surface area contributed by atoms with Gasteiger partial charge in [-0.2, -0.15) is 0 Å². The van der Waals surface area contributed by atoms with E-state index in [1.165, 1.54) is 0 Å². The number of phenolic OH excluding ortho intramolecular Hbond substituents is 1. The molecule has 1 aromatic carbocycles. The summed E-state index contributed by atoms with van der Waals surface area (Å²) in [6.07, 6.45) is 0.181. The van der Waals surface area contributed by atoms with Gasteiger partial charge in [0.25, 0.3) is 0 Å². The minimum Gasteiger partial charge on any atom is -0.508 e. The van der Waals surface area contributed by atoms with Crippen molar-refractivity contribution < 1.29 is 9.90 Å². The van der Waals surface area contributed by atoms with Crippen molar-refractivity contribution in [2.24, 2.45) is 5.73 Å². The summed E-state index contributed by atoms with van der Waals surface area (Å²) in [7, 11) is 0. The summed E-state index contributed by atoms with van der Waals surface area (Å²) in [5.41, 5.74) is 5.54. The highest BCUT2D eigenvalue weighted by molar-refractivity contribution is 7.80. The number of carbonyl (C=O) groups is 1. The van der Waals surface area contributed by atoms with Gasteiger partial charge in [-0.05, 0) is 31.5 Å². The van der Waals surface area contributed by atoms with Crippen LogP contribution in [0.4, 0.5) is 0 Å². The van der Waals surface area contributed by atoms with Crippen LogP contribution in [-0.2, 0) is 11.2 Å². The Labute approximate surface area is 106 Å². The minimum atomic E-state index is -0.705. The lowest BCUT2D eigenvalue weighted by Gasteiger charge is -2.24. The van der Waals surface area contributed by atoms with E-state index < -0.39 is 5.54 Å². The summed E-state index contributed by atoms with van der Waals surface area (Å²) in [4.78, 5) is 12.0. The number of thiocarbonyl (C=S) groups is 1. The van der Waals surface area contributed by atoms with Crippen LogP contribution in [-0.4, -0.2) is 21.5 Å². The number of amides is 1. The van der Waals surface area contributed by atoms with Gasteiger partial charge in [0.2, 0.25) is 5.91 Å². The summed E-state index contributed by atoms with van der Waals surface area (Å²) in [5.74, 6) is -0.0442. The van der Waals surface area contributed by atoms with Crippen molar-refractivity contribution in [3.8, 4) is 5.75 Å². The highest BCUT2D eigenvalue weighted by Crippen LogP contribution is 2.12. The largest absolute Gasteiger partial charge is 0.508 e. The second-order valence-electron chi connectivity index (χ2n) is 4.38. The highest BCUT2D eigenvalue weighted by Gasteiger charge is 2.23. The van der Waals surface area contributed by atoms with E-state index in [0.29, 0.717) is 0 Å². The third-order valence-electron chi connectivity index (χ3n) is 2.34. The maximum Gasteiger partial charge on any atom is 0.225 e. The topological polar surface area (TPSA) is 75.3 Å². The van der Waals surface area contributed by atoms with E-state index in [2.05, 4.69) is 5.32 Å². The molecule has 1 aromatic rings. The maximum atomic E-state index is 11.7. The van der Waals surface area contributed by atoms with Crippen LogP contribution in [0.15, 0.2) is 24.3 Å². The smallest absolute Gasteiger partial charge is 0.225 e. The Bertz CT molecular complexity index is 444. The number of phenols is 1. The van der Waals surface area contributed by atoms with E-state index in [9.17, 15) is 9.90 Å². The lowest BCUT2D eigenvalue weighted by atomic mass is 10.0. The van der Waals surface area contributed by atoms with Crippen molar-refractivity contribution in [3.05, 3.63) is 29.8 Å². The Kier molecular flexibility index (Phi) is 4.07. The van der Waals surface area contributed by atoms with Crippen molar-refractivity contribution in [3.63, 3.8) is 0 Å². The van der Waals surface area contributed by atoms with Gasteiger partial charge in [0.15, 0.2) is 0 Å². The summed E-state index contributed by atoms with van der Waals surface area (Å²) in [6.45, 7) is 3.49. The van der Waals surface area contributed by atoms with Crippen molar-refractivity contribution in [1.82, 2.24) is 5.32 Å². The molecule has 1 rings (SSSR count). The van der Waals surface area contributed by atoms with Gasteiger partial charge < -0.3 is 16.2 Å². The fourth-order valence-electron chi connectivity index (χ4n) is 1.31. The SMILES string of the molecule is CC(C)(NC(=O)Cc1cccc(O)c1)C(N)=S. The summed E-state index contributed by atoms with van der Waals surface area (Å²) in [5, 5.41) is 12.0. The van der Waals surface area contributed by atoms with Crippen LogP contribution in [0.25, 0.3) is 0 Å². The van der Waals surface area contributed by atoms with Crippen molar-refractivity contribution in [1.29, 1.82) is 0 Å². The number of rotatable bonds is 4. The molecule has 0 atom stereocenters. The van der Waals surface area contributed by atoms with E-state index >= 15 is 0 Å². The molecule has 0 saturated heterocycles. The van der Waals surface area contributed by atoms with Crippen LogP contribution in [0.3, 0.4) is 0 Å². The third kappa shape index (κ3) is 4.03. The van der Waals surface area contributed by atoms with Crippen LogP contribution < -0.4 is 11.1 Å². The molecule has 0 aromatic heterocycles. The van der Waals surface area contributed by atoms with Gasteiger partial charge in [0.1, 0.15) is 5.75 Å². The number of nitrogens with one attached hydrogen (secondary N) is 1. The van der Waals surface area contributed by atoms with Crippen LogP contribution in [0.5, 0.6) is 5.75 Å². The number of hydrogen-bond donors (Lipinski definition) is 3. The molecule has 0 radical (unpaired) electrons. The van der Waals surface area contributed by atoms with Crippen molar-refractivity contribution in [2.75, 3.05) is 0 Å². The monoisotopic (exact) mass is 252 g/mol. The lowest BCUT2D eigenvalue weighted by molar-refractivity contribution is -0.121. The third-order valence-corrected chi connectivity index (χ3v) is 2.85. The first-order chi connectivity index (χ1) is 7.81. The zero-order valence-electron chi connectivity index (χ0n) is 9.86. The molecule has 0 aliphatic rings. The van der Waals surface area contributed by atoms with Crippen LogP contribution in [0, 0.1) is 0 Å². The Balaban J connectivity index is 2.65. The first-order valence-corrected chi connectivity index (χ1v) is 5.61. The molecule has 0 fully saturated rings. The molecule has 0 heterocycles. The first kappa shape index (κ1) is 13.4. The van der Waals surface area contributed by atoms with Crippen LogP contribution in [0.2, 0.25) is 0 Å². The lowest BCUT2D eigenvalue weighted by Crippen LogP contribution is -2.52. The molecule has 4 N–H and O–H groups in total. The molecule has 0 spiro atoms. The van der Waals surface area contributed by atoms with Crippen LogP contribution in [0.1, 0.15) is 19.4 Å². The molecule has 1 amide bonds. The number of nitrogens with two attached hydrogens (primary N) is 1. The molecular weight excluding hydrogens is 236 g/mol. The molecule has 4 nitrogen and oxygen atoms in total. The van der Waals surface area contributed by atoms with Crippen molar-refractivity contribution >= 4 is 23.1 Å². The second kappa shape index (κ2) is 5.14. The van der Waals surface area contributed by atoms with Gasteiger partial charge >= 0.3 is 0 Å². The number of benzene rings is 1. The number of carbonyl (C=O) groups excluding carboxylic acids is 1. The summed E-state index contributed by atoms with van der Waals surface area (Å²) >= 11 is 4.86. The fraction of sp³-hybridized carbons (Fsp3) is 0.333. The van der Waals surface area contributed by atoms with Gasteiger partial charge in [-0.3, -0.25) is 4.79 Å². The van der Waals surface area contributed by atoms with Crippen molar-refractivity contribution in [2.45, 2.75) is 25.8 Å². The number of aromatic hydroxyl groups is 1. The predicted octanol–water partition coefficient (Wildman–Crippen LogP) is 1.12. The van der Waals surface area contributed by atoms with Gasteiger partial charge in [0, 0.05) is 0 Å². The van der Waals surface area contributed by atoms with Gasteiger partial charge in [-0.25, -0.2) is 0 Å². The molecule has 0 aliphatic heterocycles. The maximum absolute atomic E-state index is 11.7. The molecule has 0 bridgehead atoms. The van der Waals surface area contributed by atoms with E-state index in [1.807, 2.05) is 0 Å². The molecular formula is C12H16N2O2S. The summed E-state index contributed by atoms with van der Waals surface area (Å²) < 4.78 is 0. The molecule has 17 heavy (non-hydrogen) atoms. The van der Waals surface area contributed by atoms with Crippen LogP contribution >= 0.6 is 12.2 Å². The van der Waals surface area contributed by atoms with E-state index in [4.69, 9.17) is 18.0 Å². The highest BCUT2D eigenvalue weighted by atomic mass is 32.1. The zero-order valence-corrected chi connectivity index (χ0v) is 10.7. The second-order valence-corrected chi connectivity index (χ2v) is 4.82. The Morgan fingerprint density at radius 2 is 2.18 bits per heavy atom. The Morgan fingerprint density at radius 3 is 2.71 bits per heavy atom. The van der Waals surface area contributed by atoms with Gasteiger partial charge in [0.05, 0.1) is 16.9 Å². The van der Waals surface area contributed by atoms with E-state index in [1.54, 1.807) is 38.1 Å². The molecule has 0 unspecified atom stereocenters. The number of hydrogen-bond acceptors (Lipinski definition) is 3. The average molecular weight is 252 g/mol. The van der Waals surface area contributed by atoms with E-state index in [-0.39, 0.29) is 23.1 Å². The van der Waals surface area contributed by atoms with E-state index in [0.717, 1.165) is 5.56 Å². The molecule has 0 saturated carbocycles. The molecule has 5 heteroatoms. The summed E-state index contributed by atoms with van der Waals surface area (Å²) in [6, 6.07) is 6.57. The zero-order chi connectivity index (χ0) is 13.1. The quantitative estimate of drug-likeness (QED) is 0.702. The Morgan fingerprint density at radius 1 is 1.53 bits per heavy atom. The Hall–Kier alpha value is -1.62. The predicted molar refractivity (Wildman–Crippen MR) is 70.8 cm³/mol. The standard InChI is InChI=1S/C12H16N2O2S/c1-12(2,11(13)17)14-10(16)7-8-4-3-5-9(15)6-8/h3-6,15H,7H2,1-2H3,(H2,13,17)(H,14,16). The molecule has 92 valence electrons.